The largest absolute Gasteiger partial charge is 0.389 e. The van der Waals surface area contributed by atoms with E-state index in [2.05, 4.69) is 52.8 Å². The highest BCUT2D eigenvalue weighted by molar-refractivity contribution is 6.30. The van der Waals surface area contributed by atoms with Crippen LogP contribution in [0.15, 0.2) is 30.3 Å². The van der Waals surface area contributed by atoms with E-state index in [9.17, 15) is 5.11 Å². The first-order chi connectivity index (χ1) is 11.8. The summed E-state index contributed by atoms with van der Waals surface area (Å²) < 4.78 is 0. The summed E-state index contributed by atoms with van der Waals surface area (Å²) in [7, 11) is 0. The van der Waals surface area contributed by atoms with E-state index in [1.165, 1.54) is 22.3 Å². The number of hydrogen-bond acceptors (Lipinski definition) is 1. The van der Waals surface area contributed by atoms with Gasteiger partial charge in [-0.05, 0) is 70.7 Å². The Morgan fingerprint density at radius 1 is 0.920 bits per heavy atom. The van der Waals surface area contributed by atoms with Gasteiger partial charge in [0.25, 0.3) is 0 Å². The van der Waals surface area contributed by atoms with Crippen LogP contribution in [0.5, 0.6) is 0 Å². The second kappa shape index (κ2) is 8.38. The lowest BCUT2D eigenvalue weighted by atomic mass is 9.79. The average Bonchev–Trinajstić information content (AvgIpc) is 2.54. The predicted octanol–water partition coefficient (Wildman–Crippen LogP) is 7.26. The number of rotatable bonds is 6. The molecular weight excluding hydrogens is 328 g/mol. The van der Waals surface area contributed by atoms with Crippen LogP contribution in [0.1, 0.15) is 88.2 Å². The normalized spacial score (nSPS) is 12.9. The molecule has 0 saturated carbocycles. The van der Waals surface area contributed by atoms with Crippen molar-refractivity contribution >= 4 is 11.6 Å². The smallest absolute Gasteiger partial charge is 0.0770 e. The highest BCUT2D eigenvalue weighted by atomic mass is 35.5. The Bertz CT molecular complexity index is 712. The van der Waals surface area contributed by atoms with E-state index in [4.69, 9.17) is 11.6 Å². The van der Waals surface area contributed by atoms with Gasteiger partial charge >= 0.3 is 0 Å². The Hall–Kier alpha value is -1.31. The standard InChI is InChI=1S/C23H31ClO/c1-7-8-19-20(14(2)3)13-21(15(4)5)22(16(6)25)23(19)17-9-11-18(24)12-10-17/h9-16,25H,7-8H2,1-6H3. The molecule has 2 aromatic carbocycles. The van der Waals surface area contributed by atoms with E-state index in [1.54, 1.807) is 0 Å². The summed E-state index contributed by atoms with van der Waals surface area (Å²) >= 11 is 6.12. The summed E-state index contributed by atoms with van der Waals surface area (Å²) in [6.45, 7) is 13.0. The Morgan fingerprint density at radius 3 is 1.92 bits per heavy atom. The molecule has 0 bridgehead atoms. The summed E-state index contributed by atoms with van der Waals surface area (Å²) in [4.78, 5) is 0. The highest BCUT2D eigenvalue weighted by Crippen LogP contribution is 2.41. The molecule has 1 atom stereocenters. The molecule has 0 saturated heterocycles. The maximum Gasteiger partial charge on any atom is 0.0770 e. The minimum absolute atomic E-state index is 0.365. The molecule has 0 heterocycles. The van der Waals surface area contributed by atoms with Crippen LogP contribution in [-0.2, 0) is 6.42 Å². The van der Waals surface area contributed by atoms with Crippen LogP contribution >= 0.6 is 11.6 Å². The van der Waals surface area contributed by atoms with Crippen LogP contribution in [0.3, 0.4) is 0 Å². The van der Waals surface area contributed by atoms with E-state index in [1.807, 2.05) is 19.1 Å². The number of aliphatic hydroxyl groups excluding tert-OH is 1. The lowest BCUT2D eigenvalue weighted by Gasteiger charge is -2.27. The van der Waals surface area contributed by atoms with Crippen molar-refractivity contribution in [2.24, 2.45) is 0 Å². The molecule has 0 radical (unpaired) electrons. The van der Waals surface area contributed by atoms with Crippen molar-refractivity contribution in [2.75, 3.05) is 0 Å². The zero-order valence-electron chi connectivity index (χ0n) is 16.4. The lowest BCUT2D eigenvalue weighted by molar-refractivity contribution is 0.198. The second-order valence-corrected chi connectivity index (χ2v) is 8.00. The van der Waals surface area contributed by atoms with Gasteiger partial charge in [0.05, 0.1) is 6.10 Å². The van der Waals surface area contributed by atoms with E-state index in [0.29, 0.717) is 11.8 Å². The topological polar surface area (TPSA) is 20.2 Å². The van der Waals surface area contributed by atoms with Gasteiger partial charge in [0.15, 0.2) is 0 Å². The Morgan fingerprint density at radius 2 is 1.48 bits per heavy atom. The fraction of sp³-hybridized carbons (Fsp3) is 0.478. The van der Waals surface area contributed by atoms with Crippen molar-refractivity contribution in [2.45, 2.75) is 72.3 Å². The lowest BCUT2D eigenvalue weighted by Crippen LogP contribution is -2.10. The minimum atomic E-state index is -0.500. The molecule has 136 valence electrons. The SMILES string of the molecule is CCCc1c(C(C)C)cc(C(C)C)c(C(C)O)c1-c1ccc(Cl)cc1. The molecular formula is C23H31ClO. The third kappa shape index (κ3) is 4.27. The zero-order valence-corrected chi connectivity index (χ0v) is 17.1. The van der Waals surface area contributed by atoms with Crippen LogP contribution in [-0.4, -0.2) is 5.11 Å². The Kier molecular flexibility index (Phi) is 6.71. The summed E-state index contributed by atoms with van der Waals surface area (Å²) in [6, 6.07) is 10.4. The van der Waals surface area contributed by atoms with E-state index in [-0.39, 0.29) is 0 Å². The molecule has 2 rings (SSSR count). The van der Waals surface area contributed by atoms with Crippen LogP contribution in [0, 0.1) is 0 Å². The second-order valence-electron chi connectivity index (χ2n) is 7.56. The van der Waals surface area contributed by atoms with Gasteiger partial charge in [-0.15, -0.1) is 0 Å². The summed E-state index contributed by atoms with van der Waals surface area (Å²) in [5.41, 5.74) is 7.46. The maximum absolute atomic E-state index is 10.6. The van der Waals surface area contributed by atoms with Crippen LogP contribution in [0.25, 0.3) is 11.1 Å². The number of hydrogen-bond donors (Lipinski definition) is 1. The molecule has 0 aliphatic rings. The molecule has 0 spiro atoms. The summed E-state index contributed by atoms with van der Waals surface area (Å²) in [5.74, 6) is 0.817. The summed E-state index contributed by atoms with van der Waals surface area (Å²) in [6.07, 6.45) is 1.60. The van der Waals surface area contributed by atoms with Gasteiger partial charge in [0.2, 0.25) is 0 Å². The van der Waals surface area contributed by atoms with Crippen molar-refractivity contribution in [3.63, 3.8) is 0 Å². The van der Waals surface area contributed by atoms with E-state index in [0.717, 1.165) is 29.0 Å². The van der Waals surface area contributed by atoms with Crippen molar-refractivity contribution in [1.29, 1.82) is 0 Å². The van der Waals surface area contributed by atoms with Crippen molar-refractivity contribution < 1.29 is 5.11 Å². The molecule has 2 heteroatoms. The molecule has 1 unspecified atom stereocenters. The van der Waals surface area contributed by atoms with Gasteiger partial charge < -0.3 is 5.11 Å². The Labute approximate surface area is 158 Å². The van der Waals surface area contributed by atoms with Crippen LogP contribution in [0.4, 0.5) is 0 Å². The van der Waals surface area contributed by atoms with E-state index >= 15 is 0 Å². The molecule has 0 aliphatic carbocycles. The first-order valence-corrected chi connectivity index (χ1v) is 9.79. The van der Waals surface area contributed by atoms with Crippen LogP contribution < -0.4 is 0 Å². The zero-order chi connectivity index (χ0) is 18.7. The first-order valence-electron chi connectivity index (χ1n) is 9.41. The minimum Gasteiger partial charge on any atom is -0.389 e. The van der Waals surface area contributed by atoms with E-state index < -0.39 is 6.10 Å². The monoisotopic (exact) mass is 358 g/mol. The van der Waals surface area contributed by atoms with Gasteiger partial charge in [-0.25, -0.2) is 0 Å². The number of halogens is 1. The molecule has 1 N–H and O–H groups in total. The average molecular weight is 359 g/mol. The molecule has 0 amide bonds. The fourth-order valence-electron chi connectivity index (χ4n) is 3.69. The fourth-order valence-corrected chi connectivity index (χ4v) is 3.82. The molecule has 1 nitrogen and oxygen atoms in total. The molecule has 2 aromatic rings. The predicted molar refractivity (Wildman–Crippen MR) is 110 cm³/mol. The molecule has 0 aliphatic heterocycles. The third-order valence-electron chi connectivity index (χ3n) is 4.84. The van der Waals surface area contributed by atoms with Crippen LogP contribution in [0.2, 0.25) is 5.02 Å². The van der Waals surface area contributed by atoms with Gasteiger partial charge in [0.1, 0.15) is 0 Å². The first kappa shape index (κ1) is 20.0. The molecule has 0 fully saturated rings. The molecule has 25 heavy (non-hydrogen) atoms. The third-order valence-corrected chi connectivity index (χ3v) is 5.09. The highest BCUT2D eigenvalue weighted by Gasteiger charge is 2.23. The quantitative estimate of drug-likeness (QED) is 0.576. The number of benzene rings is 2. The van der Waals surface area contributed by atoms with Gasteiger partial charge in [-0.1, -0.05) is 70.8 Å². The van der Waals surface area contributed by atoms with Crippen molar-refractivity contribution in [3.05, 3.63) is 57.6 Å². The maximum atomic E-state index is 10.6. The van der Waals surface area contributed by atoms with Gasteiger partial charge in [-0.2, -0.15) is 0 Å². The van der Waals surface area contributed by atoms with Crippen molar-refractivity contribution in [3.8, 4) is 11.1 Å². The summed E-state index contributed by atoms with van der Waals surface area (Å²) in [5, 5.41) is 11.4. The molecule has 0 aromatic heterocycles. The van der Waals surface area contributed by atoms with Gasteiger partial charge in [-0.3, -0.25) is 0 Å². The van der Waals surface area contributed by atoms with Crippen molar-refractivity contribution in [1.82, 2.24) is 0 Å². The van der Waals surface area contributed by atoms with Gasteiger partial charge in [0, 0.05) is 5.02 Å². The number of aliphatic hydroxyl groups is 1. The Balaban J connectivity index is 2.93.